The Morgan fingerprint density at radius 2 is 1.75 bits per heavy atom. The predicted octanol–water partition coefficient (Wildman–Crippen LogP) is 3.22. The van der Waals surface area contributed by atoms with Gasteiger partial charge in [-0.3, -0.25) is 4.68 Å². The molecule has 0 saturated heterocycles. The summed E-state index contributed by atoms with van der Waals surface area (Å²) < 4.78 is 29.5. The van der Waals surface area contributed by atoms with Gasteiger partial charge in [0.05, 0.1) is 0 Å². The van der Waals surface area contributed by atoms with Gasteiger partial charge in [-0.05, 0) is 11.6 Å². The third-order valence-electron chi connectivity index (χ3n) is 3.54. The van der Waals surface area contributed by atoms with E-state index in [9.17, 15) is 8.42 Å². The summed E-state index contributed by atoms with van der Waals surface area (Å²) in [5, 5.41) is 4.81. The zero-order valence-corrected chi connectivity index (χ0v) is 14.6. The first-order valence-corrected chi connectivity index (χ1v) is 9.15. The van der Waals surface area contributed by atoms with Gasteiger partial charge in [-0.15, -0.1) is 0 Å². The fourth-order valence-electron chi connectivity index (χ4n) is 2.35. The van der Waals surface area contributed by atoms with E-state index in [0.29, 0.717) is 16.3 Å². The zero-order valence-electron chi connectivity index (χ0n) is 13.0. The van der Waals surface area contributed by atoms with Gasteiger partial charge >= 0.3 is 0 Å². The number of hydrogen-bond donors (Lipinski definition) is 1. The molecule has 0 aliphatic heterocycles. The molecule has 1 N–H and O–H groups in total. The largest absolute Gasteiger partial charge is 0.274 e. The number of halogens is 1. The minimum atomic E-state index is -3.73. The fraction of sp³-hybridized carbons (Fsp3) is 0.118. The first kappa shape index (κ1) is 16.7. The van der Waals surface area contributed by atoms with Gasteiger partial charge in [0.1, 0.15) is 10.6 Å². The Balaban J connectivity index is 1.92. The van der Waals surface area contributed by atoms with Crippen LogP contribution in [0, 0.1) is 0 Å². The molecule has 0 spiro atoms. The molecule has 0 bridgehead atoms. The average molecular weight is 362 g/mol. The smallest absolute Gasteiger partial charge is 0.244 e. The standard InChI is InChI=1S/C17H16ClN3O2S/c1-21-12-16(17(20-21)13-7-3-2-4-8-13)24(22,23)19-11-14-9-5-6-10-15(14)18/h2-10,12,19H,11H2,1H3. The molecular formula is C17H16ClN3O2S. The predicted molar refractivity (Wildman–Crippen MR) is 94.1 cm³/mol. The van der Waals surface area contributed by atoms with Crippen molar-refractivity contribution in [2.24, 2.45) is 7.05 Å². The molecule has 1 heterocycles. The van der Waals surface area contributed by atoms with E-state index >= 15 is 0 Å². The van der Waals surface area contributed by atoms with Crippen LogP contribution in [0.2, 0.25) is 5.02 Å². The van der Waals surface area contributed by atoms with Crippen LogP contribution in [0.15, 0.2) is 65.7 Å². The maximum absolute atomic E-state index is 12.7. The van der Waals surface area contributed by atoms with Crippen LogP contribution >= 0.6 is 11.6 Å². The minimum Gasteiger partial charge on any atom is -0.274 e. The summed E-state index contributed by atoms with van der Waals surface area (Å²) in [5.41, 5.74) is 1.88. The number of aryl methyl sites for hydroxylation is 1. The molecule has 2 aromatic carbocycles. The van der Waals surface area contributed by atoms with Crippen LogP contribution in [0.3, 0.4) is 0 Å². The highest BCUT2D eigenvalue weighted by Gasteiger charge is 2.23. The second kappa shape index (κ2) is 6.76. The summed E-state index contributed by atoms with van der Waals surface area (Å²) in [4.78, 5) is 0.142. The highest BCUT2D eigenvalue weighted by atomic mass is 35.5. The highest BCUT2D eigenvalue weighted by molar-refractivity contribution is 7.89. The van der Waals surface area contributed by atoms with Crippen molar-refractivity contribution in [1.29, 1.82) is 0 Å². The molecular weight excluding hydrogens is 346 g/mol. The molecule has 0 amide bonds. The van der Waals surface area contributed by atoms with Gasteiger partial charge in [0.2, 0.25) is 10.0 Å². The fourth-order valence-corrected chi connectivity index (χ4v) is 3.76. The number of aromatic nitrogens is 2. The quantitative estimate of drug-likeness (QED) is 0.758. The molecule has 0 aliphatic carbocycles. The van der Waals surface area contributed by atoms with Crippen LogP contribution in [0.25, 0.3) is 11.3 Å². The monoisotopic (exact) mass is 361 g/mol. The molecule has 24 heavy (non-hydrogen) atoms. The molecule has 0 radical (unpaired) electrons. The van der Waals surface area contributed by atoms with Crippen LogP contribution in [0.1, 0.15) is 5.56 Å². The maximum atomic E-state index is 12.7. The number of benzene rings is 2. The molecule has 3 rings (SSSR count). The summed E-state index contributed by atoms with van der Waals surface area (Å²) in [7, 11) is -2.03. The third kappa shape index (κ3) is 3.51. The summed E-state index contributed by atoms with van der Waals surface area (Å²) in [6.45, 7) is 0.116. The van der Waals surface area contributed by atoms with Crippen LogP contribution < -0.4 is 4.72 Å². The first-order chi connectivity index (χ1) is 11.5. The van der Waals surface area contributed by atoms with Crippen molar-refractivity contribution in [2.45, 2.75) is 11.4 Å². The summed E-state index contributed by atoms with van der Waals surface area (Å²) in [6, 6.07) is 16.3. The lowest BCUT2D eigenvalue weighted by molar-refractivity contribution is 0.581. The second-order valence-corrected chi connectivity index (χ2v) is 7.44. The van der Waals surface area contributed by atoms with Crippen LogP contribution in [-0.2, 0) is 23.6 Å². The average Bonchev–Trinajstić information content (AvgIpc) is 2.98. The number of nitrogens with one attached hydrogen (secondary N) is 1. The lowest BCUT2D eigenvalue weighted by atomic mass is 10.2. The Labute approximate surface area is 145 Å². The Hall–Kier alpha value is -2.15. The van der Waals surface area contributed by atoms with E-state index in [0.717, 1.165) is 5.56 Å². The Kier molecular flexibility index (Phi) is 4.71. The molecule has 3 aromatic rings. The SMILES string of the molecule is Cn1cc(S(=O)(=O)NCc2ccccc2Cl)c(-c2ccccc2)n1. The zero-order chi connectivity index (χ0) is 17.2. The van der Waals surface area contributed by atoms with E-state index in [4.69, 9.17) is 11.6 Å². The van der Waals surface area contributed by atoms with E-state index in [-0.39, 0.29) is 11.4 Å². The van der Waals surface area contributed by atoms with Gasteiger partial charge in [-0.25, -0.2) is 13.1 Å². The maximum Gasteiger partial charge on any atom is 0.244 e. The van der Waals surface area contributed by atoms with Gasteiger partial charge in [-0.1, -0.05) is 60.1 Å². The van der Waals surface area contributed by atoms with Crippen molar-refractivity contribution in [2.75, 3.05) is 0 Å². The van der Waals surface area contributed by atoms with E-state index in [2.05, 4.69) is 9.82 Å². The van der Waals surface area contributed by atoms with Crippen molar-refractivity contribution >= 4 is 21.6 Å². The van der Waals surface area contributed by atoms with Crippen LogP contribution in [-0.4, -0.2) is 18.2 Å². The molecule has 0 unspecified atom stereocenters. The molecule has 1 aromatic heterocycles. The Bertz CT molecular complexity index is 953. The molecule has 0 atom stereocenters. The van der Waals surface area contributed by atoms with Crippen LogP contribution in [0.5, 0.6) is 0 Å². The summed E-state index contributed by atoms with van der Waals surface area (Å²) in [5.74, 6) is 0. The van der Waals surface area contributed by atoms with E-state index in [1.807, 2.05) is 36.4 Å². The van der Waals surface area contributed by atoms with E-state index in [1.165, 1.54) is 10.9 Å². The van der Waals surface area contributed by atoms with Crippen molar-refractivity contribution in [3.8, 4) is 11.3 Å². The number of nitrogens with zero attached hydrogens (tertiary/aromatic N) is 2. The Morgan fingerprint density at radius 1 is 1.08 bits per heavy atom. The lowest BCUT2D eigenvalue weighted by Crippen LogP contribution is -2.23. The topological polar surface area (TPSA) is 64.0 Å². The normalized spacial score (nSPS) is 11.6. The number of sulfonamides is 1. The van der Waals surface area contributed by atoms with Crippen LogP contribution in [0.4, 0.5) is 0 Å². The van der Waals surface area contributed by atoms with E-state index < -0.39 is 10.0 Å². The van der Waals surface area contributed by atoms with E-state index in [1.54, 1.807) is 25.2 Å². The number of rotatable bonds is 5. The highest BCUT2D eigenvalue weighted by Crippen LogP contribution is 2.25. The second-order valence-electron chi connectivity index (χ2n) is 5.30. The van der Waals surface area contributed by atoms with Crippen molar-refractivity contribution in [3.63, 3.8) is 0 Å². The molecule has 5 nitrogen and oxygen atoms in total. The molecule has 0 saturated carbocycles. The summed E-state index contributed by atoms with van der Waals surface area (Å²) >= 11 is 6.08. The van der Waals surface area contributed by atoms with Gasteiger partial charge in [0.15, 0.2) is 0 Å². The molecule has 124 valence electrons. The molecule has 0 aliphatic rings. The van der Waals surface area contributed by atoms with Gasteiger partial charge in [0, 0.05) is 30.4 Å². The Morgan fingerprint density at radius 3 is 2.46 bits per heavy atom. The molecule has 0 fully saturated rings. The lowest BCUT2D eigenvalue weighted by Gasteiger charge is -2.08. The van der Waals surface area contributed by atoms with Gasteiger partial charge in [-0.2, -0.15) is 5.10 Å². The third-order valence-corrected chi connectivity index (χ3v) is 5.31. The van der Waals surface area contributed by atoms with Crippen molar-refractivity contribution < 1.29 is 8.42 Å². The minimum absolute atomic E-state index is 0.116. The van der Waals surface area contributed by atoms with Gasteiger partial charge < -0.3 is 0 Å². The van der Waals surface area contributed by atoms with Crippen molar-refractivity contribution in [3.05, 3.63) is 71.4 Å². The van der Waals surface area contributed by atoms with Crippen molar-refractivity contribution in [1.82, 2.24) is 14.5 Å². The van der Waals surface area contributed by atoms with Gasteiger partial charge in [0.25, 0.3) is 0 Å². The summed E-state index contributed by atoms with van der Waals surface area (Å²) in [6.07, 6.45) is 1.50. The molecule has 7 heteroatoms. The first-order valence-electron chi connectivity index (χ1n) is 7.29. The number of hydrogen-bond acceptors (Lipinski definition) is 3.